The molecule has 0 atom stereocenters. The van der Waals surface area contributed by atoms with Crippen molar-refractivity contribution in [1.82, 2.24) is 10.4 Å². The number of rotatable bonds is 1. The molecule has 0 aliphatic heterocycles. The Kier molecular flexibility index (Phi) is 1.51. The largest absolute Gasteiger partial charge is 0.478 e. The lowest BCUT2D eigenvalue weighted by molar-refractivity contribution is 0.271. The normalized spacial score (nSPS) is 10.0. The summed E-state index contributed by atoms with van der Waals surface area (Å²) in [6, 6.07) is 9.22. The maximum atomic E-state index is 9.11. The van der Waals surface area contributed by atoms with Crippen LogP contribution in [0.1, 0.15) is 0 Å². The van der Waals surface area contributed by atoms with Crippen LogP contribution in [0.25, 0.3) is 11.3 Å². The van der Waals surface area contributed by atoms with E-state index in [2.05, 4.69) is 14.9 Å². The van der Waals surface area contributed by atoms with E-state index in [1.165, 1.54) is 0 Å². The van der Waals surface area contributed by atoms with Crippen molar-refractivity contribution in [3.05, 3.63) is 30.3 Å². The minimum Gasteiger partial charge on any atom is -0.478 e. The van der Waals surface area contributed by atoms with Gasteiger partial charge in [-0.1, -0.05) is 30.3 Å². The first-order chi connectivity index (χ1) is 5.88. The molecule has 1 aromatic carbocycles. The highest BCUT2D eigenvalue weighted by molar-refractivity contribution is 5.61. The fraction of sp³-hybridized carbons (Fsp3) is 0. The standard InChI is InChI=1S/C8H6N2O2/c11-8-7(9-10-12-8)6-4-2-1-3-5-6/h1-5,11H. The molecule has 0 aliphatic carbocycles. The lowest BCUT2D eigenvalue weighted by Crippen LogP contribution is -1.76. The molecule has 4 nitrogen and oxygen atoms in total. The minimum absolute atomic E-state index is 0.249. The third-order valence-corrected chi connectivity index (χ3v) is 1.52. The fourth-order valence-electron chi connectivity index (χ4n) is 0.963. The van der Waals surface area contributed by atoms with Crippen LogP contribution in [0.3, 0.4) is 0 Å². The predicted octanol–water partition coefficient (Wildman–Crippen LogP) is 1.44. The van der Waals surface area contributed by atoms with Gasteiger partial charge >= 0.3 is 5.95 Å². The highest BCUT2D eigenvalue weighted by atomic mass is 16.6. The first-order valence-corrected chi connectivity index (χ1v) is 3.44. The van der Waals surface area contributed by atoms with Gasteiger partial charge in [0.1, 0.15) is 0 Å². The fourth-order valence-corrected chi connectivity index (χ4v) is 0.963. The van der Waals surface area contributed by atoms with Crippen molar-refractivity contribution >= 4 is 0 Å². The van der Waals surface area contributed by atoms with Crippen LogP contribution in [0.5, 0.6) is 5.95 Å². The molecule has 2 rings (SSSR count). The van der Waals surface area contributed by atoms with E-state index in [9.17, 15) is 0 Å². The number of hydrogen-bond donors (Lipinski definition) is 1. The van der Waals surface area contributed by atoms with Crippen molar-refractivity contribution < 1.29 is 9.63 Å². The maximum Gasteiger partial charge on any atom is 0.337 e. The molecular formula is C8H6N2O2. The molecule has 0 bridgehead atoms. The van der Waals surface area contributed by atoms with Gasteiger partial charge in [0.25, 0.3) is 0 Å². The summed E-state index contributed by atoms with van der Waals surface area (Å²) >= 11 is 0. The van der Waals surface area contributed by atoms with Gasteiger partial charge in [0.2, 0.25) is 0 Å². The van der Waals surface area contributed by atoms with Gasteiger partial charge in [-0.3, -0.25) is 4.52 Å². The van der Waals surface area contributed by atoms with Gasteiger partial charge in [0.15, 0.2) is 5.69 Å². The summed E-state index contributed by atoms with van der Waals surface area (Å²) in [5.74, 6) is -0.249. The van der Waals surface area contributed by atoms with E-state index in [1.54, 1.807) is 0 Å². The zero-order valence-corrected chi connectivity index (χ0v) is 6.14. The van der Waals surface area contributed by atoms with Crippen LogP contribution in [0.2, 0.25) is 0 Å². The van der Waals surface area contributed by atoms with Gasteiger partial charge in [-0.05, 0) is 0 Å². The summed E-state index contributed by atoms with van der Waals surface area (Å²) in [6.07, 6.45) is 0. The van der Waals surface area contributed by atoms with E-state index >= 15 is 0 Å². The highest BCUT2D eigenvalue weighted by Gasteiger charge is 2.09. The average Bonchev–Trinajstić information content (AvgIpc) is 2.53. The van der Waals surface area contributed by atoms with E-state index in [0.29, 0.717) is 5.69 Å². The van der Waals surface area contributed by atoms with Crippen molar-refractivity contribution in [2.75, 3.05) is 0 Å². The third-order valence-electron chi connectivity index (χ3n) is 1.52. The van der Waals surface area contributed by atoms with E-state index in [0.717, 1.165) is 5.56 Å². The molecule has 60 valence electrons. The van der Waals surface area contributed by atoms with Crippen LogP contribution in [0, 0.1) is 0 Å². The van der Waals surface area contributed by atoms with Gasteiger partial charge in [-0.2, -0.15) is 0 Å². The molecule has 0 aliphatic rings. The Morgan fingerprint density at radius 1 is 1.17 bits per heavy atom. The molecule has 0 saturated carbocycles. The second-order valence-electron chi connectivity index (χ2n) is 2.29. The molecule has 2 aromatic rings. The Bertz CT molecular complexity index is 370. The van der Waals surface area contributed by atoms with Crippen molar-refractivity contribution in [3.8, 4) is 17.2 Å². The van der Waals surface area contributed by atoms with Crippen molar-refractivity contribution in [2.45, 2.75) is 0 Å². The van der Waals surface area contributed by atoms with Crippen LogP contribution < -0.4 is 0 Å². The van der Waals surface area contributed by atoms with Crippen molar-refractivity contribution in [3.63, 3.8) is 0 Å². The Hall–Kier alpha value is -1.84. The molecule has 0 spiro atoms. The summed E-state index contributed by atoms with van der Waals surface area (Å²) in [7, 11) is 0. The molecule has 0 radical (unpaired) electrons. The first-order valence-electron chi connectivity index (χ1n) is 3.44. The van der Waals surface area contributed by atoms with Gasteiger partial charge in [-0.25, -0.2) is 0 Å². The number of hydrogen-bond acceptors (Lipinski definition) is 4. The van der Waals surface area contributed by atoms with Gasteiger partial charge in [0.05, 0.1) is 0 Å². The second kappa shape index (κ2) is 2.65. The lowest BCUT2D eigenvalue weighted by atomic mass is 10.2. The molecule has 0 fully saturated rings. The number of nitrogens with zero attached hydrogens (tertiary/aromatic N) is 2. The highest BCUT2D eigenvalue weighted by Crippen LogP contribution is 2.24. The maximum absolute atomic E-state index is 9.11. The van der Waals surface area contributed by atoms with Gasteiger partial charge < -0.3 is 5.11 Å². The quantitative estimate of drug-likeness (QED) is 0.689. The van der Waals surface area contributed by atoms with Gasteiger partial charge in [-0.15, -0.1) is 5.10 Å². The molecule has 1 N–H and O–H groups in total. The van der Waals surface area contributed by atoms with E-state index in [4.69, 9.17) is 5.11 Å². The number of benzene rings is 1. The first kappa shape index (κ1) is 6.84. The van der Waals surface area contributed by atoms with Crippen LogP contribution in [0.4, 0.5) is 0 Å². The molecule has 1 aromatic heterocycles. The van der Waals surface area contributed by atoms with Crippen LogP contribution in [-0.2, 0) is 0 Å². The monoisotopic (exact) mass is 162 g/mol. The topological polar surface area (TPSA) is 59.2 Å². The SMILES string of the molecule is Oc1onnc1-c1ccccc1. The summed E-state index contributed by atoms with van der Waals surface area (Å²) in [5, 5.41) is 16.0. The zero-order valence-electron chi connectivity index (χ0n) is 6.14. The Labute approximate surface area is 68.4 Å². The zero-order chi connectivity index (χ0) is 8.39. The summed E-state index contributed by atoms with van der Waals surface area (Å²) in [4.78, 5) is 0. The van der Waals surface area contributed by atoms with Crippen LogP contribution in [0.15, 0.2) is 34.9 Å². The summed E-state index contributed by atoms with van der Waals surface area (Å²) in [6.45, 7) is 0. The van der Waals surface area contributed by atoms with Crippen LogP contribution in [-0.4, -0.2) is 15.5 Å². The molecule has 12 heavy (non-hydrogen) atoms. The molecule has 1 heterocycles. The van der Waals surface area contributed by atoms with Crippen molar-refractivity contribution in [1.29, 1.82) is 0 Å². The average molecular weight is 162 g/mol. The second-order valence-corrected chi connectivity index (χ2v) is 2.29. The summed E-state index contributed by atoms with van der Waals surface area (Å²) in [5.41, 5.74) is 1.16. The van der Waals surface area contributed by atoms with Crippen molar-refractivity contribution in [2.24, 2.45) is 0 Å². The third kappa shape index (κ3) is 1.03. The molecular weight excluding hydrogens is 156 g/mol. The minimum atomic E-state index is -0.249. The van der Waals surface area contributed by atoms with Crippen LogP contribution >= 0.6 is 0 Å². The molecule has 0 amide bonds. The number of aromatic nitrogens is 2. The summed E-state index contributed by atoms with van der Waals surface area (Å²) < 4.78 is 4.41. The van der Waals surface area contributed by atoms with Gasteiger partial charge in [0, 0.05) is 10.8 Å². The smallest absolute Gasteiger partial charge is 0.337 e. The number of aromatic hydroxyl groups is 1. The van der Waals surface area contributed by atoms with E-state index in [1.807, 2.05) is 30.3 Å². The predicted molar refractivity (Wildman–Crippen MR) is 41.4 cm³/mol. The molecule has 4 heteroatoms. The lowest BCUT2D eigenvalue weighted by Gasteiger charge is -1.91. The molecule has 0 saturated heterocycles. The Balaban J connectivity index is 2.51. The van der Waals surface area contributed by atoms with E-state index in [-0.39, 0.29) is 5.95 Å². The van der Waals surface area contributed by atoms with E-state index < -0.39 is 0 Å². The molecule has 0 unspecified atom stereocenters. The Morgan fingerprint density at radius 2 is 1.92 bits per heavy atom. The Morgan fingerprint density at radius 3 is 2.50 bits per heavy atom.